The van der Waals surface area contributed by atoms with Gasteiger partial charge in [-0.1, -0.05) is 28.1 Å². The molecule has 1 N–H and O–H groups in total. The van der Waals surface area contributed by atoms with E-state index < -0.39 is 0 Å². The van der Waals surface area contributed by atoms with Crippen molar-refractivity contribution < 1.29 is 9.53 Å². The fourth-order valence-electron chi connectivity index (χ4n) is 2.18. The van der Waals surface area contributed by atoms with Gasteiger partial charge in [0, 0.05) is 11.1 Å². The smallest absolute Gasteiger partial charge is 0.224 e. The summed E-state index contributed by atoms with van der Waals surface area (Å²) in [6, 6.07) is 7.91. The molecule has 0 spiro atoms. The Bertz CT molecular complexity index is 399. The van der Waals surface area contributed by atoms with E-state index in [2.05, 4.69) is 21.2 Å². The van der Waals surface area contributed by atoms with Gasteiger partial charge in [-0.15, -0.1) is 0 Å². The third-order valence-corrected chi connectivity index (χ3v) is 3.72. The Morgan fingerprint density at radius 2 is 2.22 bits per heavy atom. The highest BCUT2D eigenvalue weighted by Gasteiger charge is 2.23. The maximum absolute atomic E-state index is 11.9. The molecule has 0 saturated carbocycles. The van der Waals surface area contributed by atoms with E-state index in [4.69, 9.17) is 4.74 Å². The van der Waals surface area contributed by atoms with Crippen LogP contribution in [0.15, 0.2) is 28.7 Å². The molecule has 1 fully saturated rings. The molecule has 0 bridgehead atoms. The number of carbonyl (C=O) groups excluding carboxylic acids is 1. The van der Waals surface area contributed by atoms with Gasteiger partial charge >= 0.3 is 0 Å². The van der Waals surface area contributed by atoms with Gasteiger partial charge in [-0.05, 0) is 37.5 Å². The number of nitrogens with one attached hydrogen (secondary N) is 1. The standard InChI is InChI=1S/C14H18BrNO2/c1-10(13-3-2-8-18-13)16-14(17)9-11-4-6-12(15)7-5-11/h4-7,10,13H,2-3,8-9H2,1H3,(H,16,17). The van der Waals surface area contributed by atoms with Crippen molar-refractivity contribution in [1.82, 2.24) is 5.32 Å². The van der Waals surface area contributed by atoms with E-state index in [0.29, 0.717) is 6.42 Å². The molecular formula is C14H18BrNO2. The van der Waals surface area contributed by atoms with E-state index >= 15 is 0 Å². The minimum atomic E-state index is 0.0559. The lowest BCUT2D eigenvalue weighted by Crippen LogP contribution is -2.41. The third-order valence-electron chi connectivity index (χ3n) is 3.19. The zero-order valence-corrected chi connectivity index (χ0v) is 12.1. The second kappa shape index (κ2) is 6.34. The number of halogens is 1. The van der Waals surface area contributed by atoms with Crippen molar-refractivity contribution in [2.24, 2.45) is 0 Å². The predicted octanol–water partition coefficient (Wildman–Crippen LogP) is 2.68. The van der Waals surface area contributed by atoms with E-state index in [-0.39, 0.29) is 18.1 Å². The Labute approximate surface area is 116 Å². The summed E-state index contributed by atoms with van der Waals surface area (Å²) in [5, 5.41) is 3.01. The molecule has 0 aromatic heterocycles. The maximum atomic E-state index is 11.9. The molecule has 4 heteroatoms. The van der Waals surface area contributed by atoms with E-state index in [0.717, 1.165) is 29.5 Å². The van der Waals surface area contributed by atoms with Crippen molar-refractivity contribution in [3.63, 3.8) is 0 Å². The fraction of sp³-hybridized carbons (Fsp3) is 0.500. The van der Waals surface area contributed by atoms with Crippen LogP contribution in [0.25, 0.3) is 0 Å². The van der Waals surface area contributed by atoms with Gasteiger partial charge < -0.3 is 10.1 Å². The topological polar surface area (TPSA) is 38.3 Å². The Morgan fingerprint density at radius 1 is 1.50 bits per heavy atom. The highest BCUT2D eigenvalue weighted by Crippen LogP contribution is 2.15. The molecule has 1 heterocycles. The number of hydrogen-bond acceptors (Lipinski definition) is 2. The molecule has 1 saturated heterocycles. The first kappa shape index (κ1) is 13.6. The van der Waals surface area contributed by atoms with Crippen LogP contribution < -0.4 is 5.32 Å². The van der Waals surface area contributed by atoms with Gasteiger partial charge in [0.15, 0.2) is 0 Å². The Hall–Kier alpha value is -0.870. The molecule has 1 aromatic rings. The van der Waals surface area contributed by atoms with Crippen LogP contribution in [-0.4, -0.2) is 24.7 Å². The van der Waals surface area contributed by atoms with Crippen molar-refractivity contribution in [1.29, 1.82) is 0 Å². The lowest BCUT2D eigenvalue weighted by atomic mass is 10.1. The average molecular weight is 312 g/mol. The normalized spacial score (nSPS) is 20.7. The minimum Gasteiger partial charge on any atom is -0.376 e. The second-order valence-electron chi connectivity index (χ2n) is 4.71. The van der Waals surface area contributed by atoms with E-state index in [1.807, 2.05) is 31.2 Å². The van der Waals surface area contributed by atoms with Crippen LogP contribution >= 0.6 is 15.9 Å². The van der Waals surface area contributed by atoms with Gasteiger partial charge in [0.25, 0.3) is 0 Å². The molecule has 1 aliphatic heterocycles. The van der Waals surface area contributed by atoms with Crippen LogP contribution in [0.5, 0.6) is 0 Å². The first-order valence-electron chi connectivity index (χ1n) is 6.30. The molecule has 2 rings (SSSR count). The molecule has 3 nitrogen and oxygen atoms in total. The van der Waals surface area contributed by atoms with Gasteiger partial charge in [-0.2, -0.15) is 0 Å². The first-order valence-corrected chi connectivity index (χ1v) is 7.10. The molecule has 1 aliphatic rings. The summed E-state index contributed by atoms with van der Waals surface area (Å²) in [5.74, 6) is 0.0559. The number of ether oxygens (including phenoxy) is 1. The van der Waals surface area contributed by atoms with Gasteiger partial charge in [0.2, 0.25) is 5.91 Å². The minimum absolute atomic E-state index is 0.0559. The zero-order valence-electron chi connectivity index (χ0n) is 10.5. The van der Waals surface area contributed by atoms with E-state index in [9.17, 15) is 4.79 Å². The molecular weight excluding hydrogens is 294 g/mol. The predicted molar refractivity (Wildman–Crippen MR) is 74.4 cm³/mol. The van der Waals surface area contributed by atoms with E-state index in [1.54, 1.807) is 0 Å². The van der Waals surface area contributed by atoms with E-state index in [1.165, 1.54) is 0 Å². The maximum Gasteiger partial charge on any atom is 0.224 e. The van der Waals surface area contributed by atoms with Crippen molar-refractivity contribution in [3.8, 4) is 0 Å². The van der Waals surface area contributed by atoms with Gasteiger partial charge in [-0.25, -0.2) is 0 Å². The lowest BCUT2D eigenvalue weighted by molar-refractivity contribution is -0.121. The molecule has 0 aliphatic carbocycles. The largest absolute Gasteiger partial charge is 0.376 e. The number of hydrogen-bond donors (Lipinski definition) is 1. The first-order chi connectivity index (χ1) is 8.65. The Kier molecular flexibility index (Phi) is 4.78. The Balaban J connectivity index is 1.82. The van der Waals surface area contributed by atoms with Crippen molar-refractivity contribution in [2.45, 2.75) is 38.3 Å². The Morgan fingerprint density at radius 3 is 2.83 bits per heavy atom. The molecule has 0 radical (unpaired) electrons. The number of amides is 1. The molecule has 2 unspecified atom stereocenters. The van der Waals surface area contributed by atoms with Crippen LogP contribution in [0.1, 0.15) is 25.3 Å². The summed E-state index contributed by atoms with van der Waals surface area (Å²) in [5.41, 5.74) is 1.02. The van der Waals surface area contributed by atoms with Gasteiger partial charge in [0.1, 0.15) is 0 Å². The molecule has 98 valence electrons. The quantitative estimate of drug-likeness (QED) is 0.928. The highest BCUT2D eigenvalue weighted by molar-refractivity contribution is 9.10. The summed E-state index contributed by atoms with van der Waals surface area (Å²) in [7, 11) is 0. The average Bonchev–Trinajstić information content (AvgIpc) is 2.85. The summed E-state index contributed by atoms with van der Waals surface area (Å²) >= 11 is 3.38. The van der Waals surface area contributed by atoms with Crippen LogP contribution in [0, 0.1) is 0 Å². The molecule has 18 heavy (non-hydrogen) atoms. The van der Waals surface area contributed by atoms with Crippen molar-refractivity contribution in [2.75, 3.05) is 6.61 Å². The number of rotatable bonds is 4. The second-order valence-corrected chi connectivity index (χ2v) is 5.63. The van der Waals surface area contributed by atoms with Gasteiger partial charge in [-0.3, -0.25) is 4.79 Å². The van der Waals surface area contributed by atoms with Crippen LogP contribution in [0.2, 0.25) is 0 Å². The SMILES string of the molecule is CC(NC(=O)Cc1ccc(Br)cc1)C1CCCO1. The van der Waals surface area contributed by atoms with Crippen LogP contribution in [-0.2, 0) is 16.0 Å². The summed E-state index contributed by atoms with van der Waals surface area (Å²) in [6.45, 7) is 2.83. The van der Waals surface area contributed by atoms with Crippen LogP contribution in [0.4, 0.5) is 0 Å². The summed E-state index contributed by atoms with van der Waals surface area (Å²) in [4.78, 5) is 11.9. The zero-order chi connectivity index (χ0) is 13.0. The summed E-state index contributed by atoms with van der Waals surface area (Å²) in [6.07, 6.45) is 2.74. The molecule has 1 aromatic carbocycles. The van der Waals surface area contributed by atoms with Crippen molar-refractivity contribution >= 4 is 21.8 Å². The lowest BCUT2D eigenvalue weighted by Gasteiger charge is -2.20. The highest BCUT2D eigenvalue weighted by atomic mass is 79.9. The van der Waals surface area contributed by atoms with Crippen LogP contribution in [0.3, 0.4) is 0 Å². The molecule has 1 amide bonds. The number of carbonyl (C=O) groups is 1. The monoisotopic (exact) mass is 311 g/mol. The fourth-order valence-corrected chi connectivity index (χ4v) is 2.45. The molecule has 2 atom stereocenters. The summed E-state index contributed by atoms with van der Waals surface area (Å²) < 4.78 is 6.59. The van der Waals surface area contributed by atoms with Gasteiger partial charge in [0.05, 0.1) is 18.6 Å². The number of benzene rings is 1. The van der Waals surface area contributed by atoms with Crippen molar-refractivity contribution in [3.05, 3.63) is 34.3 Å². The third kappa shape index (κ3) is 3.82.